The number of rotatable bonds is 2. The fourth-order valence-electron chi connectivity index (χ4n) is 1.20. The molecule has 3 nitrogen and oxygen atoms in total. The molecule has 0 radical (unpaired) electrons. The van der Waals surface area contributed by atoms with Gasteiger partial charge in [-0.25, -0.2) is 0 Å². The molecule has 0 aliphatic heterocycles. The maximum absolute atomic E-state index is 5.65. The van der Waals surface area contributed by atoms with Crippen molar-refractivity contribution in [2.45, 2.75) is 6.92 Å². The number of nitrogens with one attached hydrogen (secondary N) is 1. The molecule has 0 spiro atoms. The third-order valence-corrected chi connectivity index (χ3v) is 3.13. The highest BCUT2D eigenvalue weighted by Gasteiger charge is 1.99. The van der Waals surface area contributed by atoms with E-state index in [-0.39, 0.29) is 0 Å². The predicted octanol–water partition coefficient (Wildman–Crippen LogP) is 3.94. The van der Waals surface area contributed by atoms with E-state index in [4.69, 9.17) is 11.6 Å². The highest BCUT2D eigenvalue weighted by atomic mass is 79.9. The van der Waals surface area contributed by atoms with Gasteiger partial charge < -0.3 is 5.32 Å². The summed E-state index contributed by atoms with van der Waals surface area (Å²) in [5.41, 5.74) is 2.14. The first-order valence-corrected chi connectivity index (χ1v) is 5.84. The van der Waals surface area contributed by atoms with Crippen molar-refractivity contribution < 1.29 is 0 Å². The average Bonchev–Trinajstić information content (AvgIpc) is 2.27. The van der Waals surface area contributed by atoms with Gasteiger partial charge in [0, 0.05) is 10.2 Å². The van der Waals surface area contributed by atoms with E-state index in [1.807, 2.05) is 25.1 Å². The van der Waals surface area contributed by atoms with E-state index in [2.05, 4.69) is 31.4 Å². The molecule has 0 saturated heterocycles. The van der Waals surface area contributed by atoms with Gasteiger partial charge in [-0.05, 0) is 36.8 Å². The van der Waals surface area contributed by atoms with Gasteiger partial charge >= 0.3 is 0 Å². The Morgan fingerprint density at radius 2 is 2.00 bits per heavy atom. The van der Waals surface area contributed by atoms with Gasteiger partial charge in [-0.1, -0.05) is 33.6 Å². The summed E-state index contributed by atoms with van der Waals surface area (Å²) in [5, 5.41) is 11.2. The lowest BCUT2D eigenvalue weighted by Crippen LogP contribution is -1.95. The zero-order valence-electron chi connectivity index (χ0n) is 8.54. The molecule has 82 valence electrons. The van der Waals surface area contributed by atoms with Crippen LogP contribution in [0.2, 0.25) is 5.15 Å². The van der Waals surface area contributed by atoms with Crippen molar-refractivity contribution in [1.82, 2.24) is 10.2 Å². The second-order valence-electron chi connectivity index (χ2n) is 3.33. The van der Waals surface area contributed by atoms with Crippen LogP contribution in [0.5, 0.6) is 0 Å². The van der Waals surface area contributed by atoms with Crippen molar-refractivity contribution in [1.29, 1.82) is 0 Å². The van der Waals surface area contributed by atoms with Gasteiger partial charge in [0.15, 0.2) is 11.0 Å². The van der Waals surface area contributed by atoms with Gasteiger partial charge in [-0.3, -0.25) is 0 Å². The number of benzene rings is 1. The number of hydrogen-bond acceptors (Lipinski definition) is 3. The highest BCUT2D eigenvalue weighted by Crippen LogP contribution is 2.22. The Kier molecular flexibility index (Phi) is 3.41. The van der Waals surface area contributed by atoms with Gasteiger partial charge in [-0.2, -0.15) is 0 Å². The Hall–Kier alpha value is -1.13. The van der Waals surface area contributed by atoms with Crippen molar-refractivity contribution in [3.8, 4) is 0 Å². The van der Waals surface area contributed by atoms with Crippen LogP contribution in [0, 0.1) is 6.92 Å². The molecule has 0 amide bonds. The van der Waals surface area contributed by atoms with E-state index in [1.54, 1.807) is 12.1 Å². The summed E-state index contributed by atoms with van der Waals surface area (Å²) in [6.07, 6.45) is 0. The molecule has 2 aromatic rings. The summed E-state index contributed by atoms with van der Waals surface area (Å²) >= 11 is 9.13. The topological polar surface area (TPSA) is 37.8 Å². The summed E-state index contributed by atoms with van der Waals surface area (Å²) in [6.45, 7) is 2.04. The third kappa shape index (κ3) is 2.71. The largest absolute Gasteiger partial charge is 0.339 e. The molecular weight excluding hydrogens is 289 g/mol. The molecule has 1 N–H and O–H groups in total. The lowest BCUT2D eigenvalue weighted by Gasteiger charge is -2.06. The van der Waals surface area contributed by atoms with E-state index >= 15 is 0 Å². The van der Waals surface area contributed by atoms with E-state index in [0.717, 1.165) is 10.2 Å². The monoisotopic (exact) mass is 297 g/mol. The van der Waals surface area contributed by atoms with E-state index in [1.165, 1.54) is 5.56 Å². The minimum absolute atomic E-state index is 0.385. The fourth-order valence-corrected chi connectivity index (χ4v) is 1.68. The molecule has 2 rings (SSSR count). The molecule has 0 aliphatic carbocycles. The minimum Gasteiger partial charge on any atom is -0.339 e. The lowest BCUT2D eigenvalue weighted by atomic mass is 10.2. The van der Waals surface area contributed by atoms with Crippen molar-refractivity contribution in [2.24, 2.45) is 0 Å². The number of anilines is 2. The smallest absolute Gasteiger partial charge is 0.153 e. The van der Waals surface area contributed by atoms with Crippen LogP contribution in [-0.4, -0.2) is 10.2 Å². The van der Waals surface area contributed by atoms with Gasteiger partial charge in [0.2, 0.25) is 0 Å². The molecule has 0 fully saturated rings. The number of aromatic nitrogens is 2. The van der Waals surface area contributed by atoms with Crippen molar-refractivity contribution in [3.63, 3.8) is 0 Å². The molecule has 1 aromatic heterocycles. The Morgan fingerprint density at radius 3 is 2.62 bits per heavy atom. The van der Waals surface area contributed by atoms with Crippen LogP contribution in [0.1, 0.15) is 5.56 Å². The summed E-state index contributed by atoms with van der Waals surface area (Å²) in [4.78, 5) is 0. The summed E-state index contributed by atoms with van der Waals surface area (Å²) in [7, 11) is 0. The maximum atomic E-state index is 5.65. The normalized spacial score (nSPS) is 10.2. The SMILES string of the molecule is Cc1ccc(Nc2ccc(Cl)nn2)cc1Br. The summed E-state index contributed by atoms with van der Waals surface area (Å²) in [5.74, 6) is 0.667. The summed E-state index contributed by atoms with van der Waals surface area (Å²) in [6, 6.07) is 9.47. The second kappa shape index (κ2) is 4.80. The van der Waals surface area contributed by atoms with Crippen molar-refractivity contribution >= 4 is 39.0 Å². The lowest BCUT2D eigenvalue weighted by molar-refractivity contribution is 1.04. The van der Waals surface area contributed by atoms with Crippen LogP contribution in [-0.2, 0) is 0 Å². The zero-order chi connectivity index (χ0) is 11.5. The molecule has 0 atom stereocenters. The van der Waals surface area contributed by atoms with Gasteiger partial charge in [0.25, 0.3) is 0 Å². The van der Waals surface area contributed by atoms with Crippen LogP contribution in [0.25, 0.3) is 0 Å². The average molecular weight is 299 g/mol. The van der Waals surface area contributed by atoms with Crippen LogP contribution in [0.4, 0.5) is 11.5 Å². The van der Waals surface area contributed by atoms with E-state index in [0.29, 0.717) is 11.0 Å². The Bertz CT molecular complexity index is 499. The highest BCUT2D eigenvalue weighted by molar-refractivity contribution is 9.10. The summed E-state index contributed by atoms with van der Waals surface area (Å²) < 4.78 is 1.06. The zero-order valence-corrected chi connectivity index (χ0v) is 10.9. The quantitative estimate of drug-likeness (QED) is 0.912. The Labute approximate surface area is 107 Å². The van der Waals surface area contributed by atoms with Gasteiger partial charge in [0.05, 0.1) is 0 Å². The van der Waals surface area contributed by atoms with Crippen molar-refractivity contribution in [2.75, 3.05) is 5.32 Å². The van der Waals surface area contributed by atoms with E-state index < -0.39 is 0 Å². The predicted molar refractivity (Wildman–Crippen MR) is 69.2 cm³/mol. The minimum atomic E-state index is 0.385. The van der Waals surface area contributed by atoms with Crippen molar-refractivity contribution in [3.05, 3.63) is 45.5 Å². The maximum Gasteiger partial charge on any atom is 0.153 e. The molecule has 0 unspecified atom stereocenters. The first-order chi connectivity index (χ1) is 7.65. The van der Waals surface area contributed by atoms with Crippen LogP contribution in [0.15, 0.2) is 34.8 Å². The molecule has 16 heavy (non-hydrogen) atoms. The molecule has 1 aromatic carbocycles. The van der Waals surface area contributed by atoms with Gasteiger partial charge in [0.1, 0.15) is 0 Å². The van der Waals surface area contributed by atoms with Crippen LogP contribution in [0.3, 0.4) is 0 Å². The van der Waals surface area contributed by atoms with Crippen LogP contribution < -0.4 is 5.32 Å². The molecule has 0 aliphatic rings. The molecule has 1 heterocycles. The number of nitrogens with zero attached hydrogens (tertiary/aromatic N) is 2. The Morgan fingerprint density at radius 1 is 1.19 bits per heavy atom. The molecule has 5 heteroatoms. The van der Waals surface area contributed by atoms with Crippen LogP contribution >= 0.6 is 27.5 Å². The molecule has 0 saturated carbocycles. The number of halogens is 2. The molecule has 0 bridgehead atoms. The number of aryl methyl sites for hydroxylation is 1. The van der Waals surface area contributed by atoms with Gasteiger partial charge in [-0.15, -0.1) is 10.2 Å². The fraction of sp³-hybridized carbons (Fsp3) is 0.0909. The standard InChI is InChI=1S/C11H9BrClN3/c1-7-2-3-8(6-9(7)12)14-11-5-4-10(13)15-16-11/h2-6H,1H3,(H,14,16). The third-order valence-electron chi connectivity index (χ3n) is 2.08. The second-order valence-corrected chi connectivity index (χ2v) is 4.57. The first-order valence-electron chi connectivity index (χ1n) is 4.67. The Balaban J connectivity index is 2.20. The molecular formula is C11H9BrClN3. The number of hydrogen-bond donors (Lipinski definition) is 1. The van der Waals surface area contributed by atoms with E-state index in [9.17, 15) is 0 Å². The first kappa shape index (κ1) is 11.4.